The van der Waals surface area contributed by atoms with E-state index in [1.807, 2.05) is 43.3 Å². The first-order chi connectivity index (χ1) is 17.0. The fraction of sp³-hybridized carbons (Fsp3) is 0.346. The zero-order chi connectivity index (χ0) is 24.8. The van der Waals surface area contributed by atoms with Crippen molar-refractivity contribution in [2.75, 3.05) is 32.6 Å². The quantitative estimate of drug-likeness (QED) is 0.266. The van der Waals surface area contributed by atoms with Gasteiger partial charge in [0, 0.05) is 32.0 Å². The number of anilines is 1. The van der Waals surface area contributed by atoms with Crippen LogP contribution in [-0.4, -0.2) is 52.5 Å². The topological polar surface area (TPSA) is 125 Å². The third-order valence-corrected chi connectivity index (χ3v) is 5.89. The van der Waals surface area contributed by atoms with Crippen LogP contribution in [-0.2, 0) is 29.0 Å². The molecule has 0 aliphatic carbocycles. The number of imidazole rings is 1. The van der Waals surface area contributed by atoms with E-state index in [0.717, 1.165) is 58.4 Å². The van der Waals surface area contributed by atoms with Crippen LogP contribution in [0, 0.1) is 6.92 Å². The Labute approximate surface area is 203 Å². The molecule has 4 N–H and O–H groups in total. The van der Waals surface area contributed by atoms with Gasteiger partial charge in [-0.2, -0.15) is 0 Å². The molecule has 0 bridgehead atoms. The highest BCUT2D eigenvalue weighted by Gasteiger charge is 2.17. The van der Waals surface area contributed by atoms with Gasteiger partial charge in [0.1, 0.15) is 17.1 Å². The molecule has 184 valence electrons. The Kier molecular flexibility index (Phi) is 7.79. The predicted molar refractivity (Wildman–Crippen MR) is 136 cm³/mol. The lowest BCUT2D eigenvalue weighted by Crippen LogP contribution is -2.18. The number of nitrogen functional groups attached to an aromatic ring is 1. The molecule has 2 aromatic heterocycles. The number of carbonyl (C=O) groups is 1. The number of nitrogens with two attached hydrogens (primary N) is 1. The van der Waals surface area contributed by atoms with Gasteiger partial charge in [0.15, 0.2) is 12.4 Å². The van der Waals surface area contributed by atoms with E-state index in [4.69, 9.17) is 25.3 Å². The standard InChI is InChI=1S/C26H31N5O4/c1-17-8-9-18(14-21(17)35-16-23(32)33)15-28-11-5-12-31-22(10-13-34-2)30-24-25(31)19-6-3-4-7-20(19)29-26(24)27/h3-4,6-9,14,28H,5,10-13,15-16H2,1-2H3,(H2,27,29)(H,32,33). The number of nitrogens with zero attached hydrogens (tertiary/aromatic N) is 3. The second kappa shape index (κ2) is 11.2. The number of hydrogen-bond donors (Lipinski definition) is 3. The molecule has 35 heavy (non-hydrogen) atoms. The number of ether oxygens (including phenoxy) is 2. The fourth-order valence-electron chi connectivity index (χ4n) is 4.17. The summed E-state index contributed by atoms with van der Waals surface area (Å²) in [5.74, 6) is 0.979. The number of aliphatic carboxylic acids is 1. The van der Waals surface area contributed by atoms with Gasteiger partial charge in [-0.25, -0.2) is 14.8 Å². The molecule has 0 saturated carbocycles. The summed E-state index contributed by atoms with van der Waals surface area (Å²) in [4.78, 5) is 20.2. The first kappa shape index (κ1) is 24.4. The van der Waals surface area contributed by atoms with Crippen molar-refractivity contribution < 1.29 is 19.4 Å². The molecule has 0 aliphatic heterocycles. The minimum absolute atomic E-state index is 0.350. The molecule has 0 fully saturated rings. The maximum Gasteiger partial charge on any atom is 0.341 e. The van der Waals surface area contributed by atoms with Crippen molar-refractivity contribution in [1.29, 1.82) is 0 Å². The third kappa shape index (κ3) is 5.70. The Hall–Kier alpha value is -3.69. The van der Waals surface area contributed by atoms with E-state index >= 15 is 0 Å². The molecule has 0 unspecified atom stereocenters. The van der Waals surface area contributed by atoms with Crippen molar-refractivity contribution in [2.24, 2.45) is 0 Å². The average Bonchev–Trinajstić information content (AvgIpc) is 3.22. The predicted octanol–water partition coefficient (Wildman–Crippen LogP) is 3.31. The van der Waals surface area contributed by atoms with Crippen molar-refractivity contribution >= 4 is 33.7 Å². The van der Waals surface area contributed by atoms with Gasteiger partial charge in [-0.3, -0.25) is 0 Å². The number of aryl methyl sites for hydroxylation is 2. The summed E-state index contributed by atoms with van der Waals surface area (Å²) >= 11 is 0. The summed E-state index contributed by atoms with van der Waals surface area (Å²) < 4.78 is 12.9. The normalized spacial score (nSPS) is 11.4. The highest BCUT2D eigenvalue weighted by Crippen LogP contribution is 2.29. The number of carboxylic acids is 1. The van der Waals surface area contributed by atoms with Gasteiger partial charge in [-0.05, 0) is 43.1 Å². The van der Waals surface area contributed by atoms with Gasteiger partial charge in [0.25, 0.3) is 0 Å². The number of rotatable bonds is 12. The number of aromatic nitrogens is 3. The Morgan fingerprint density at radius 1 is 1.20 bits per heavy atom. The maximum absolute atomic E-state index is 10.8. The van der Waals surface area contributed by atoms with Crippen LogP contribution in [0.3, 0.4) is 0 Å². The number of para-hydroxylation sites is 1. The Morgan fingerprint density at radius 3 is 2.83 bits per heavy atom. The maximum atomic E-state index is 10.8. The van der Waals surface area contributed by atoms with Crippen LogP contribution in [0.2, 0.25) is 0 Å². The van der Waals surface area contributed by atoms with Crippen LogP contribution in [0.25, 0.3) is 21.9 Å². The lowest BCUT2D eigenvalue weighted by Gasteiger charge is -2.12. The Balaban J connectivity index is 1.45. The van der Waals surface area contributed by atoms with Crippen molar-refractivity contribution in [3.8, 4) is 5.75 Å². The molecule has 9 heteroatoms. The molecule has 0 spiro atoms. The van der Waals surface area contributed by atoms with Crippen LogP contribution in [0.5, 0.6) is 5.75 Å². The van der Waals surface area contributed by atoms with Crippen LogP contribution in [0.1, 0.15) is 23.4 Å². The van der Waals surface area contributed by atoms with Crippen molar-refractivity contribution in [3.63, 3.8) is 0 Å². The molecular weight excluding hydrogens is 446 g/mol. The Bertz CT molecular complexity index is 1330. The van der Waals surface area contributed by atoms with Gasteiger partial charge < -0.3 is 30.2 Å². The molecule has 4 rings (SSSR count). The highest BCUT2D eigenvalue weighted by molar-refractivity contribution is 6.06. The van der Waals surface area contributed by atoms with Crippen molar-refractivity contribution in [1.82, 2.24) is 19.9 Å². The summed E-state index contributed by atoms with van der Waals surface area (Å²) in [6.45, 7) is 4.35. The van der Waals surface area contributed by atoms with Gasteiger partial charge >= 0.3 is 5.97 Å². The number of fused-ring (bicyclic) bond motifs is 3. The zero-order valence-corrected chi connectivity index (χ0v) is 20.1. The largest absolute Gasteiger partial charge is 0.482 e. The minimum atomic E-state index is -0.991. The van der Waals surface area contributed by atoms with E-state index in [1.165, 1.54) is 0 Å². The van der Waals surface area contributed by atoms with Crippen LogP contribution >= 0.6 is 0 Å². The number of hydrogen-bond acceptors (Lipinski definition) is 7. The summed E-state index contributed by atoms with van der Waals surface area (Å²) in [6.07, 6.45) is 1.57. The van der Waals surface area contributed by atoms with Crippen LogP contribution in [0.4, 0.5) is 5.82 Å². The van der Waals surface area contributed by atoms with E-state index < -0.39 is 5.97 Å². The van der Waals surface area contributed by atoms with Gasteiger partial charge in [-0.15, -0.1) is 0 Å². The molecular formula is C26H31N5O4. The average molecular weight is 478 g/mol. The van der Waals surface area contributed by atoms with E-state index in [0.29, 0.717) is 31.1 Å². The SMILES string of the molecule is COCCc1nc2c(N)nc3ccccc3c2n1CCCNCc1ccc(C)c(OCC(=O)O)c1. The van der Waals surface area contributed by atoms with Crippen LogP contribution < -0.4 is 15.8 Å². The van der Waals surface area contributed by atoms with E-state index in [9.17, 15) is 4.79 Å². The summed E-state index contributed by atoms with van der Waals surface area (Å²) in [5, 5.41) is 13.4. The number of methoxy groups -OCH3 is 1. The van der Waals surface area contributed by atoms with Gasteiger partial charge in [0.05, 0.1) is 17.6 Å². The molecule has 2 aromatic carbocycles. The number of pyridine rings is 1. The summed E-state index contributed by atoms with van der Waals surface area (Å²) in [5.41, 5.74) is 10.8. The zero-order valence-electron chi connectivity index (χ0n) is 20.1. The number of benzene rings is 2. The first-order valence-electron chi connectivity index (χ1n) is 11.6. The first-order valence-corrected chi connectivity index (χ1v) is 11.6. The smallest absolute Gasteiger partial charge is 0.341 e. The van der Waals surface area contributed by atoms with Gasteiger partial charge in [0.2, 0.25) is 0 Å². The minimum Gasteiger partial charge on any atom is -0.482 e. The monoisotopic (exact) mass is 477 g/mol. The second-order valence-electron chi connectivity index (χ2n) is 8.45. The Morgan fingerprint density at radius 2 is 2.03 bits per heavy atom. The lowest BCUT2D eigenvalue weighted by atomic mass is 10.1. The molecule has 0 aliphatic rings. The molecule has 0 radical (unpaired) electrons. The number of carboxylic acid groups (broad SMARTS) is 1. The molecule has 2 heterocycles. The molecule has 0 atom stereocenters. The lowest BCUT2D eigenvalue weighted by molar-refractivity contribution is -0.139. The van der Waals surface area contributed by atoms with Crippen molar-refractivity contribution in [3.05, 3.63) is 59.4 Å². The fourth-order valence-corrected chi connectivity index (χ4v) is 4.17. The molecule has 0 amide bonds. The summed E-state index contributed by atoms with van der Waals surface area (Å²) in [6, 6.07) is 13.8. The van der Waals surface area contributed by atoms with Gasteiger partial charge in [-0.1, -0.05) is 30.3 Å². The molecule has 9 nitrogen and oxygen atoms in total. The van der Waals surface area contributed by atoms with E-state index in [2.05, 4.69) is 20.9 Å². The van der Waals surface area contributed by atoms with Crippen molar-refractivity contribution in [2.45, 2.75) is 32.9 Å². The molecule has 0 saturated heterocycles. The molecule has 4 aromatic rings. The van der Waals surface area contributed by atoms with Crippen LogP contribution in [0.15, 0.2) is 42.5 Å². The van der Waals surface area contributed by atoms with E-state index in [-0.39, 0.29) is 6.61 Å². The third-order valence-electron chi connectivity index (χ3n) is 5.89. The highest BCUT2D eigenvalue weighted by atomic mass is 16.5. The summed E-state index contributed by atoms with van der Waals surface area (Å²) in [7, 11) is 1.69. The number of nitrogens with one attached hydrogen (secondary N) is 1. The second-order valence-corrected chi connectivity index (χ2v) is 8.45. The van der Waals surface area contributed by atoms with E-state index in [1.54, 1.807) is 7.11 Å².